The molecule has 66 heavy (non-hydrogen) atoms. The van der Waals surface area contributed by atoms with E-state index in [0.29, 0.717) is 19.3 Å². The van der Waals surface area contributed by atoms with Crippen molar-refractivity contribution >= 4 is 17.9 Å². The zero-order valence-corrected chi connectivity index (χ0v) is 44.7. The summed E-state index contributed by atoms with van der Waals surface area (Å²) in [6.07, 6.45) is 63.5. The number of unbranched alkanes of at least 4 members (excludes halogenated alkanes) is 42. The second kappa shape index (κ2) is 55.7. The topological polar surface area (TPSA) is 78.9 Å². The minimum atomic E-state index is -0.768. The average molecular weight is 932 g/mol. The average Bonchev–Trinajstić information content (AvgIpc) is 3.31. The van der Waals surface area contributed by atoms with Gasteiger partial charge in [-0.2, -0.15) is 0 Å². The summed E-state index contributed by atoms with van der Waals surface area (Å²) < 4.78 is 16.9. The molecule has 0 saturated heterocycles. The van der Waals surface area contributed by atoms with Gasteiger partial charge in [-0.15, -0.1) is 0 Å². The van der Waals surface area contributed by atoms with E-state index in [1.807, 2.05) is 0 Å². The Morgan fingerprint density at radius 3 is 0.758 bits per heavy atom. The third-order valence-electron chi connectivity index (χ3n) is 13.5. The summed E-state index contributed by atoms with van der Waals surface area (Å²) in [6.45, 7) is 6.68. The molecule has 0 heterocycles. The number of allylic oxidation sites excluding steroid dienone is 2. The lowest BCUT2D eigenvalue weighted by Crippen LogP contribution is -2.30. The van der Waals surface area contributed by atoms with Crippen LogP contribution in [-0.2, 0) is 28.6 Å². The van der Waals surface area contributed by atoms with Crippen LogP contribution in [0.3, 0.4) is 0 Å². The van der Waals surface area contributed by atoms with Crippen LogP contribution in [0.25, 0.3) is 0 Å². The fourth-order valence-electron chi connectivity index (χ4n) is 9.03. The Hall–Kier alpha value is -1.85. The fourth-order valence-corrected chi connectivity index (χ4v) is 9.03. The van der Waals surface area contributed by atoms with Crippen molar-refractivity contribution in [2.75, 3.05) is 13.2 Å². The molecular weight excluding hydrogens is 817 g/mol. The molecule has 0 radical (unpaired) electrons. The van der Waals surface area contributed by atoms with Crippen LogP contribution in [-0.4, -0.2) is 37.2 Å². The van der Waals surface area contributed by atoms with Gasteiger partial charge in [0, 0.05) is 19.3 Å². The Morgan fingerprint density at radius 2 is 0.500 bits per heavy atom. The number of hydrogen-bond acceptors (Lipinski definition) is 6. The minimum absolute atomic E-state index is 0.0673. The lowest BCUT2D eigenvalue weighted by molar-refractivity contribution is -0.167. The van der Waals surface area contributed by atoms with Crippen molar-refractivity contribution in [3.8, 4) is 0 Å². The molecule has 0 N–H and O–H groups in total. The van der Waals surface area contributed by atoms with Crippen LogP contribution in [0.15, 0.2) is 12.2 Å². The fraction of sp³-hybridized carbons (Fsp3) is 0.917. The van der Waals surface area contributed by atoms with Crippen molar-refractivity contribution in [1.82, 2.24) is 0 Å². The van der Waals surface area contributed by atoms with E-state index in [9.17, 15) is 14.4 Å². The van der Waals surface area contributed by atoms with Gasteiger partial charge in [0.1, 0.15) is 13.2 Å². The predicted molar refractivity (Wildman–Crippen MR) is 284 cm³/mol. The highest BCUT2D eigenvalue weighted by Crippen LogP contribution is 2.17. The van der Waals surface area contributed by atoms with Crippen LogP contribution in [0.1, 0.15) is 335 Å². The standard InChI is InChI=1S/C60H114O6/c1-4-7-10-13-16-19-22-25-28-29-30-31-32-33-36-38-41-44-47-50-53-59(62)65-56-57(66-60(63)54-51-48-45-42-39-35-27-24-21-18-15-12-9-6-3)55-64-58(61)52-49-46-43-40-37-34-26-23-20-17-14-11-8-5-2/h24,27,57H,4-23,25-26,28-56H2,1-3H3/b27-24-. The zero-order valence-electron chi connectivity index (χ0n) is 44.7. The van der Waals surface area contributed by atoms with Crippen molar-refractivity contribution in [3.63, 3.8) is 0 Å². The third-order valence-corrected chi connectivity index (χ3v) is 13.5. The normalized spacial score (nSPS) is 12.0. The highest BCUT2D eigenvalue weighted by Gasteiger charge is 2.19. The van der Waals surface area contributed by atoms with Crippen LogP contribution in [0.2, 0.25) is 0 Å². The molecule has 0 aromatic heterocycles. The molecule has 6 heteroatoms. The first-order chi connectivity index (χ1) is 32.5. The van der Waals surface area contributed by atoms with Gasteiger partial charge in [-0.25, -0.2) is 0 Å². The van der Waals surface area contributed by atoms with Crippen molar-refractivity contribution in [3.05, 3.63) is 12.2 Å². The van der Waals surface area contributed by atoms with E-state index in [2.05, 4.69) is 32.9 Å². The summed E-state index contributed by atoms with van der Waals surface area (Å²) >= 11 is 0. The third kappa shape index (κ3) is 53.1. The second-order valence-electron chi connectivity index (χ2n) is 20.3. The maximum Gasteiger partial charge on any atom is 0.306 e. The van der Waals surface area contributed by atoms with Crippen molar-refractivity contribution in [2.24, 2.45) is 0 Å². The maximum atomic E-state index is 12.8. The van der Waals surface area contributed by atoms with Gasteiger partial charge in [0.25, 0.3) is 0 Å². The lowest BCUT2D eigenvalue weighted by atomic mass is 10.0. The number of ether oxygens (including phenoxy) is 3. The molecule has 0 bridgehead atoms. The highest BCUT2D eigenvalue weighted by atomic mass is 16.6. The maximum absolute atomic E-state index is 12.8. The van der Waals surface area contributed by atoms with Gasteiger partial charge in [0.05, 0.1) is 0 Å². The molecule has 0 aliphatic rings. The Bertz CT molecular complexity index is 1020. The Labute approximate surface area is 411 Å². The van der Waals surface area contributed by atoms with E-state index in [1.165, 1.54) is 231 Å². The molecular formula is C60H114O6. The molecule has 6 nitrogen and oxygen atoms in total. The summed E-state index contributed by atoms with van der Waals surface area (Å²) in [5.41, 5.74) is 0. The summed E-state index contributed by atoms with van der Waals surface area (Å²) in [5, 5.41) is 0. The number of rotatable bonds is 55. The van der Waals surface area contributed by atoms with Gasteiger partial charge in [-0.1, -0.05) is 283 Å². The monoisotopic (exact) mass is 931 g/mol. The largest absolute Gasteiger partial charge is 0.462 e. The molecule has 0 aromatic carbocycles. The Balaban J connectivity index is 4.27. The summed E-state index contributed by atoms with van der Waals surface area (Å²) in [4.78, 5) is 38.1. The first-order valence-electron chi connectivity index (χ1n) is 29.7. The zero-order chi connectivity index (χ0) is 47.9. The van der Waals surface area contributed by atoms with Crippen LogP contribution in [0, 0.1) is 0 Å². The van der Waals surface area contributed by atoms with Crippen LogP contribution >= 0.6 is 0 Å². The van der Waals surface area contributed by atoms with E-state index in [-0.39, 0.29) is 31.1 Å². The van der Waals surface area contributed by atoms with Gasteiger partial charge in [-0.3, -0.25) is 14.4 Å². The minimum Gasteiger partial charge on any atom is -0.462 e. The molecule has 0 amide bonds. The van der Waals surface area contributed by atoms with Gasteiger partial charge in [0.2, 0.25) is 0 Å². The van der Waals surface area contributed by atoms with Crippen LogP contribution < -0.4 is 0 Å². The highest BCUT2D eigenvalue weighted by molar-refractivity contribution is 5.71. The molecule has 390 valence electrons. The molecule has 0 aromatic rings. The number of esters is 3. The molecule has 1 atom stereocenters. The number of hydrogen-bond donors (Lipinski definition) is 0. The molecule has 0 fully saturated rings. The quantitative estimate of drug-likeness (QED) is 0.0262. The SMILES string of the molecule is CCCCCCC/C=C\CCCCCCCC(=O)OC(COC(=O)CCCCCCCCCCCCCCCC)COC(=O)CCCCCCCCCCCCCCCCCCCCCC. The molecule has 0 rings (SSSR count). The van der Waals surface area contributed by atoms with Gasteiger partial charge in [0.15, 0.2) is 6.10 Å². The first kappa shape index (κ1) is 64.2. The van der Waals surface area contributed by atoms with Crippen LogP contribution in [0.4, 0.5) is 0 Å². The second-order valence-corrected chi connectivity index (χ2v) is 20.3. The van der Waals surface area contributed by atoms with E-state index >= 15 is 0 Å². The van der Waals surface area contributed by atoms with E-state index in [1.54, 1.807) is 0 Å². The van der Waals surface area contributed by atoms with Crippen LogP contribution in [0.5, 0.6) is 0 Å². The van der Waals surface area contributed by atoms with E-state index in [4.69, 9.17) is 14.2 Å². The lowest BCUT2D eigenvalue weighted by Gasteiger charge is -2.18. The van der Waals surface area contributed by atoms with E-state index in [0.717, 1.165) is 64.2 Å². The van der Waals surface area contributed by atoms with Crippen molar-refractivity contribution in [2.45, 2.75) is 341 Å². The molecule has 0 saturated carbocycles. The van der Waals surface area contributed by atoms with Gasteiger partial charge >= 0.3 is 17.9 Å². The summed E-state index contributed by atoms with van der Waals surface area (Å²) in [7, 11) is 0. The molecule has 0 spiro atoms. The van der Waals surface area contributed by atoms with E-state index < -0.39 is 6.10 Å². The Morgan fingerprint density at radius 1 is 0.288 bits per heavy atom. The smallest absolute Gasteiger partial charge is 0.306 e. The summed E-state index contributed by atoms with van der Waals surface area (Å²) in [6, 6.07) is 0. The molecule has 1 unspecified atom stereocenters. The first-order valence-corrected chi connectivity index (χ1v) is 29.7. The number of carbonyl (C=O) groups is 3. The van der Waals surface area contributed by atoms with Crippen molar-refractivity contribution in [1.29, 1.82) is 0 Å². The summed E-state index contributed by atoms with van der Waals surface area (Å²) in [5.74, 6) is -0.850. The predicted octanol–water partition coefficient (Wildman–Crippen LogP) is 19.7. The molecule has 0 aliphatic carbocycles. The van der Waals surface area contributed by atoms with Gasteiger partial charge < -0.3 is 14.2 Å². The Kier molecular flexibility index (Phi) is 54.2. The van der Waals surface area contributed by atoms with Crippen molar-refractivity contribution < 1.29 is 28.6 Å². The van der Waals surface area contributed by atoms with Gasteiger partial charge in [-0.05, 0) is 44.9 Å². The number of carbonyl (C=O) groups excluding carboxylic acids is 3. The molecule has 0 aliphatic heterocycles.